The van der Waals surface area contributed by atoms with Crippen LogP contribution in [0.4, 0.5) is 0 Å². The standard InChI is InChI=1S/C11H21N/c1-4-10-6-2-8-12-9-3-7-11(10)5-1/h10-12H,1-9H2. The summed E-state index contributed by atoms with van der Waals surface area (Å²) < 4.78 is 0. The lowest BCUT2D eigenvalue weighted by molar-refractivity contribution is 0.342. The maximum atomic E-state index is 3.52. The van der Waals surface area contributed by atoms with Gasteiger partial charge in [0.25, 0.3) is 0 Å². The highest BCUT2D eigenvalue weighted by Crippen LogP contribution is 2.37. The van der Waals surface area contributed by atoms with E-state index in [4.69, 9.17) is 0 Å². The van der Waals surface area contributed by atoms with Crippen molar-refractivity contribution < 1.29 is 0 Å². The number of hydrogen-bond donors (Lipinski definition) is 1. The van der Waals surface area contributed by atoms with Gasteiger partial charge in [0.05, 0.1) is 0 Å². The van der Waals surface area contributed by atoms with Gasteiger partial charge in [0, 0.05) is 0 Å². The van der Waals surface area contributed by atoms with E-state index in [1.54, 1.807) is 0 Å². The van der Waals surface area contributed by atoms with E-state index >= 15 is 0 Å². The summed E-state index contributed by atoms with van der Waals surface area (Å²) >= 11 is 0. The van der Waals surface area contributed by atoms with E-state index < -0.39 is 0 Å². The first-order chi connectivity index (χ1) is 5.97. The molecule has 1 aliphatic heterocycles. The molecular formula is C11H21N. The molecule has 0 bridgehead atoms. The first kappa shape index (κ1) is 8.55. The molecule has 1 N–H and O–H groups in total. The van der Waals surface area contributed by atoms with Crippen LogP contribution in [0.5, 0.6) is 0 Å². The van der Waals surface area contributed by atoms with Gasteiger partial charge in [-0.3, -0.25) is 0 Å². The zero-order valence-electron chi connectivity index (χ0n) is 8.02. The Morgan fingerprint density at radius 3 is 1.75 bits per heavy atom. The Bertz CT molecular complexity index is 119. The molecule has 12 heavy (non-hydrogen) atoms. The van der Waals surface area contributed by atoms with Crippen LogP contribution in [0.1, 0.15) is 44.9 Å². The Labute approximate surface area is 75.9 Å². The van der Waals surface area contributed by atoms with Crippen molar-refractivity contribution in [2.75, 3.05) is 13.1 Å². The molecule has 2 atom stereocenters. The molecule has 1 nitrogen and oxygen atoms in total. The van der Waals surface area contributed by atoms with E-state index in [1.807, 2.05) is 0 Å². The maximum absolute atomic E-state index is 3.52. The average molecular weight is 167 g/mol. The van der Waals surface area contributed by atoms with Crippen LogP contribution in [0, 0.1) is 11.8 Å². The predicted molar refractivity (Wildman–Crippen MR) is 52.2 cm³/mol. The molecular weight excluding hydrogens is 146 g/mol. The molecule has 1 heterocycles. The largest absolute Gasteiger partial charge is 0.317 e. The molecule has 0 amide bonds. The third-order valence-corrected chi connectivity index (χ3v) is 3.67. The molecule has 0 spiro atoms. The zero-order chi connectivity index (χ0) is 8.23. The van der Waals surface area contributed by atoms with Gasteiger partial charge in [0.2, 0.25) is 0 Å². The Morgan fingerprint density at radius 2 is 1.17 bits per heavy atom. The SMILES string of the molecule is C1CNCCCC2CCCC2C1. The average Bonchev–Trinajstić information content (AvgIpc) is 2.50. The minimum Gasteiger partial charge on any atom is -0.317 e. The molecule has 0 aromatic carbocycles. The monoisotopic (exact) mass is 167 g/mol. The van der Waals surface area contributed by atoms with E-state index in [2.05, 4.69) is 5.32 Å². The van der Waals surface area contributed by atoms with Crippen molar-refractivity contribution in [1.82, 2.24) is 5.32 Å². The Hall–Kier alpha value is -0.0400. The first-order valence-corrected chi connectivity index (χ1v) is 5.67. The van der Waals surface area contributed by atoms with Crippen LogP contribution in [-0.4, -0.2) is 13.1 Å². The van der Waals surface area contributed by atoms with Crippen molar-refractivity contribution in [3.63, 3.8) is 0 Å². The molecule has 1 heteroatoms. The number of nitrogens with one attached hydrogen (secondary N) is 1. The molecule has 0 aromatic heterocycles. The van der Waals surface area contributed by atoms with Crippen LogP contribution in [0.25, 0.3) is 0 Å². The van der Waals surface area contributed by atoms with E-state index in [1.165, 1.54) is 58.0 Å². The lowest BCUT2D eigenvalue weighted by Gasteiger charge is -2.17. The fraction of sp³-hybridized carbons (Fsp3) is 1.00. The molecule has 0 radical (unpaired) electrons. The molecule has 1 saturated carbocycles. The summed E-state index contributed by atoms with van der Waals surface area (Å²) in [6, 6.07) is 0. The van der Waals surface area contributed by atoms with Crippen molar-refractivity contribution in [1.29, 1.82) is 0 Å². The smallest absolute Gasteiger partial charge is 0.00488 e. The summed E-state index contributed by atoms with van der Waals surface area (Å²) in [6.07, 6.45) is 10.4. The number of hydrogen-bond acceptors (Lipinski definition) is 1. The summed E-state index contributed by atoms with van der Waals surface area (Å²) in [5.74, 6) is 2.20. The highest BCUT2D eigenvalue weighted by molar-refractivity contribution is 4.78. The van der Waals surface area contributed by atoms with Crippen molar-refractivity contribution >= 4 is 0 Å². The Balaban J connectivity index is 1.87. The zero-order valence-corrected chi connectivity index (χ0v) is 8.02. The van der Waals surface area contributed by atoms with Gasteiger partial charge in [-0.15, -0.1) is 0 Å². The highest BCUT2D eigenvalue weighted by Gasteiger charge is 2.26. The van der Waals surface area contributed by atoms with E-state index in [0.29, 0.717) is 0 Å². The van der Waals surface area contributed by atoms with Crippen molar-refractivity contribution in [2.24, 2.45) is 11.8 Å². The normalized spacial score (nSPS) is 38.0. The molecule has 1 saturated heterocycles. The highest BCUT2D eigenvalue weighted by atomic mass is 14.8. The quantitative estimate of drug-likeness (QED) is 0.584. The predicted octanol–water partition coefficient (Wildman–Crippen LogP) is 2.57. The summed E-state index contributed by atoms with van der Waals surface area (Å²) in [6.45, 7) is 2.53. The molecule has 70 valence electrons. The second-order valence-electron chi connectivity index (χ2n) is 4.49. The van der Waals surface area contributed by atoms with E-state index in [9.17, 15) is 0 Å². The number of rotatable bonds is 0. The van der Waals surface area contributed by atoms with Crippen molar-refractivity contribution in [2.45, 2.75) is 44.9 Å². The maximum Gasteiger partial charge on any atom is -0.00488 e. The fourth-order valence-corrected chi connectivity index (χ4v) is 2.98. The van der Waals surface area contributed by atoms with Gasteiger partial charge in [-0.25, -0.2) is 0 Å². The minimum atomic E-state index is 1.10. The van der Waals surface area contributed by atoms with Gasteiger partial charge >= 0.3 is 0 Å². The first-order valence-electron chi connectivity index (χ1n) is 5.67. The van der Waals surface area contributed by atoms with Crippen LogP contribution in [0.15, 0.2) is 0 Å². The van der Waals surface area contributed by atoms with Crippen LogP contribution >= 0.6 is 0 Å². The van der Waals surface area contributed by atoms with Crippen LogP contribution in [0.3, 0.4) is 0 Å². The van der Waals surface area contributed by atoms with E-state index in [0.717, 1.165) is 11.8 Å². The second-order valence-corrected chi connectivity index (χ2v) is 4.49. The lowest BCUT2D eigenvalue weighted by atomic mass is 9.89. The minimum absolute atomic E-state index is 1.10. The van der Waals surface area contributed by atoms with Gasteiger partial charge in [0.15, 0.2) is 0 Å². The van der Waals surface area contributed by atoms with Gasteiger partial charge in [-0.2, -0.15) is 0 Å². The second kappa shape index (κ2) is 4.27. The van der Waals surface area contributed by atoms with Crippen molar-refractivity contribution in [3.8, 4) is 0 Å². The third-order valence-electron chi connectivity index (χ3n) is 3.67. The van der Waals surface area contributed by atoms with Gasteiger partial charge in [-0.1, -0.05) is 19.3 Å². The topological polar surface area (TPSA) is 12.0 Å². The molecule has 0 aromatic rings. The van der Waals surface area contributed by atoms with Gasteiger partial charge in [0.1, 0.15) is 0 Å². The summed E-state index contributed by atoms with van der Waals surface area (Å²) in [4.78, 5) is 0. The molecule has 2 rings (SSSR count). The van der Waals surface area contributed by atoms with Gasteiger partial charge < -0.3 is 5.32 Å². The Kier molecular flexibility index (Phi) is 3.04. The number of fused-ring (bicyclic) bond motifs is 1. The molecule has 1 aliphatic carbocycles. The summed E-state index contributed by atoms with van der Waals surface area (Å²) in [7, 11) is 0. The van der Waals surface area contributed by atoms with Gasteiger partial charge in [-0.05, 0) is 50.6 Å². The van der Waals surface area contributed by atoms with Crippen LogP contribution in [0.2, 0.25) is 0 Å². The lowest BCUT2D eigenvalue weighted by Crippen LogP contribution is -2.15. The van der Waals surface area contributed by atoms with Crippen LogP contribution in [-0.2, 0) is 0 Å². The molecule has 2 aliphatic rings. The fourth-order valence-electron chi connectivity index (χ4n) is 2.98. The molecule has 2 fully saturated rings. The van der Waals surface area contributed by atoms with Crippen molar-refractivity contribution in [3.05, 3.63) is 0 Å². The molecule has 2 unspecified atom stereocenters. The Morgan fingerprint density at radius 1 is 0.667 bits per heavy atom. The van der Waals surface area contributed by atoms with Crippen LogP contribution < -0.4 is 5.32 Å². The van der Waals surface area contributed by atoms with E-state index in [-0.39, 0.29) is 0 Å². The third kappa shape index (κ3) is 2.01. The summed E-state index contributed by atoms with van der Waals surface area (Å²) in [5, 5.41) is 3.52. The summed E-state index contributed by atoms with van der Waals surface area (Å²) in [5.41, 5.74) is 0.